The zero-order chi connectivity index (χ0) is 21.6. The molecule has 1 fully saturated rings. The Labute approximate surface area is 176 Å². The van der Waals surface area contributed by atoms with Crippen LogP contribution in [0, 0.1) is 17.4 Å². The summed E-state index contributed by atoms with van der Waals surface area (Å²) in [5, 5.41) is 6.20. The van der Waals surface area contributed by atoms with Gasteiger partial charge >= 0.3 is 6.09 Å². The molecule has 2 amide bonds. The monoisotopic (exact) mass is 420 g/mol. The Bertz CT molecular complexity index is 688. The van der Waals surface area contributed by atoms with Crippen molar-refractivity contribution in [3.8, 4) is 11.5 Å². The molecule has 7 nitrogen and oxygen atoms in total. The normalized spacial score (nSPS) is 22.7. The summed E-state index contributed by atoms with van der Waals surface area (Å²) in [6.07, 6.45) is 2.76. The minimum absolute atomic E-state index is 0.00927. The van der Waals surface area contributed by atoms with Gasteiger partial charge in [0, 0.05) is 13.1 Å². The molecule has 3 atom stereocenters. The van der Waals surface area contributed by atoms with Crippen LogP contribution in [0.4, 0.5) is 4.79 Å². The summed E-state index contributed by atoms with van der Waals surface area (Å²) in [7, 11) is -0.129. The van der Waals surface area contributed by atoms with Crippen LogP contribution in [0.1, 0.15) is 39.5 Å². The summed E-state index contributed by atoms with van der Waals surface area (Å²) in [4.78, 5) is 32.0. The Balaban J connectivity index is 2.17. The van der Waals surface area contributed by atoms with Crippen LogP contribution in [0.2, 0.25) is 19.6 Å². The van der Waals surface area contributed by atoms with Gasteiger partial charge in [0.1, 0.15) is 20.3 Å². The van der Waals surface area contributed by atoms with Gasteiger partial charge in [-0.05, 0) is 18.8 Å². The van der Waals surface area contributed by atoms with Crippen LogP contribution in [0.25, 0.3) is 0 Å². The molecule has 0 aromatic carbocycles. The van der Waals surface area contributed by atoms with Crippen molar-refractivity contribution < 1.29 is 14.3 Å². The first-order chi connectivity index (χ1) is 13.7. The molecule has 2 aliphatic rings. The number of ether oxygens (including phenoxy) is 1. The number of carbonyl (C=O) groups excluding carboxylic acids is 2. The van der Waals surface area contributed by atoms with Crippen molar-refractivity contribution in [1.29, 1.82) is 0 Å². The van der Waals surface area contributed by atoms with Crippen molar-refractivity contribution >= 4 is 25.8 Å². The predicted octanol–water partition coefficient (Wildman–Crippen LogP) is 2.39. The average Bonchev–Trinajstić information content (AvgIpc) is 3.34. The molecule has 2 N–H and O–H groups in total. The predicted molar refractivity (Wildman–Crippen MR) is 118 cm³/mol. The molecule has 2 heterocycles. The molecule has 3 unspecified atom stereocenters. The molecular weight excluding hydrogens is 384 g/mol. The lowest BCUT2D eigenvalue weighted by Gasteiger charge is -2.34. The van der Waals surface area contributed by atoms with E-state index in [2.05, 4.69) is 41.7 Å². The molecule has 1 saturated heterocycles. The topological polar surface area (TPSA) is 83.0 Å². The van der Waals surface area contributed by atoms with Gasteiger partial charge in [-0.15, -0.1) is 5.54 Å². The number of aliphatic imine (C=N–C) groups is 1. The van der Waals surface area contributed by atoms with E-state index in [0.29, 0.717) is 13.1 Å². The summed E-state index contributed by atoms with van der Waals surface area (Å²) in [5.74, 6) is 3.27. The van der Waals surface area contributed by atoms with Gasteiger partial charge in [0.25, 0.3) is 0 Å². The highest BCUT2D eigenvalue weighted by molar-refractivity contribution is 6.84. The summed E-state index contributed by atoms with van der Waals surface area (Å²) in [6, 6.07) is -0.584. The lowest BCUT2D eigenvalue weighted by Crippen LogP contribution is -2.56. The highest BCUT2D eigenvalue weighted by Crippen LogP contribution is 2.26. The summed E-state index contributed by atoms with van der Waals surface area (Å²) in [5.41, 5.74) is 4.24. The average molecular weight is 421 g/mol. The molecule has 0 spiro atoms. The van der Waals surface area contributed by atoms with Gasteiger partial charge in [0.2, 0.25) is 5.91 Å². The molecule has 2 aliphatic heterocycles. The number of methoxy groups -OCH3 is 1. The first kappa shape index (κ1) is 23.4. The molecule has 0 aromatic rings. The molecule has 29 heavy (non-hydrogen) atoms. The van der Waals surface area contributed by atoms with Gasteiger partial charge in [0.05, 0.1) is 18.9 Å². The zero-order valence-corrected chi connectivity index (χ0v) is 19.7. The first-order valence-electron chi connectivity index (χ1n) is 10.7. The number of nitrogens with one attached hydrogen (secondary N) is 2. The minimum atomic E-state index is -1.45. The minimum Gasteiger partial charge on any atom is -0.453 e. The Morgan fingerprint density at radius 2 is 2.03 bits per heavy atom. The number of alkyl carbamates (subject to hydrolysis) is 1. The lowest BCUT2D eigenvalue weighted by atomic mass is 9.92. The molecule has 2 rings (SSSR count). The van der Waals surface area contributed by atoms with Crippen molar-refractivity contribution in [3.05, 3.63) is 0 Å². The van der Waals surface area contributed by atoms with Gasteiger partial charge in [-0.1, -0.05) is 52.3 Å². The van der Waals surface area contributed by atoms with E-state index in [1.54, 1.807) is 0 Å². The maximum atomic E-state index is 13.4. The molecule has 0 saturated carbocycles. The van der Waals surface area contributed by atoms with Crippen molar-refractivity contribution in [1.82, 2.24) is 15.5 Å². The third-order valence-electron chi connectivity index (χ3n) is 5.55. The maximum absolute atomic E-state index is 13.4. The largest absolute Gasteiger partial charge is 0.453 e. The fourth-order valence-electron chi connectivity index (χ4n) is 3.92. The van der Waals surface area contributed by atoms with Crippen molar-refractivity contribution in [2.24, 2.45) is 10.9 Å². The Morgan fingerprint density at radius 1 is 1.34 bits per heavy atom. The third kappa shape index (κ3) is 6.31. The first-order valence-corrected chi connectivity index (χ1v) is 14.2. The Kier molecular flexibility index (Phi) is 8.29. The number of likely N-dealkylation sites (tertiary alicyclic amines) is 1. The van der Waals surface area contributed by atoms with Gasteiger partial charge in [-0.2, -0.15) is 0 Å². The highest BCUT2D eigenvalue weighted by Gasteiger charge is 2.41. The van der Waals surface area contributed by atoms with Crippen LogP contribution in [0.15, 0.2) is 4.99 Å². The molecule has 162 valence electrons. The molecule has 0 aliphatic carbocycles. The van der Waals surface area contributed by atoms with E-state index in [0.717, 1.165) is 31.4 Å². The van der Waals surface area contributed by atoms with E-state index in [4.69, 9.17) is 9.73 Å². The van der Waals surface area contributed by atoms with E-state index in [1.165, 1.54) is 7.11 Å². The van der Waals surface area contributed by atoms with E-state index in [9.17, 15) is 9.59 Å². The van der Waals surface area contributed by atoms with Crippen molar-refractivity contribution in [2.45, 2.75) is 77.4 Å². The number of amides is 2. The van der Waals surface area contributed by atoms with Crippen LogP contribution < -0.4 is 10.6 Å². The van der Waals surface area contributed by atoms with E-state index < -0.39 is 20.2 Å². The molecule has 0 radical (unpaired) electrons. The summed E-state index contributed by atoms with van der Waals surface area (Å²) < 4.78 is 4.76. The second-order valence-electron chi connectivity index (χ2n) is 8.83. The van der Waals surface area contributed by atoms with Gasteiger partial charge in [-0.25, -0.2) is 4.79 Å². The molecule has 0 bridgehead atoms. The molecular formula is C21H36N4O3Si. The van der Waals surface area contributed by atoms with Crippen LogP contribution in [0.3, 0.4) is 0 Å². The standard InChI is InChI=1S/C21H36N4O3Si/c1-7-15(8-2)18(24-21(27)28-3)20(26)25-12-9-10-17(25)19-22-14-16(23-19)11-13-29(4,5)6/h15,17-19,22H,7-10,12,14H2,1-6H3,(H,24,27). The van der Waals surface area contributed by atoms with E-state index in [1.807, 2.05) is 18.7 Å². The van der Waals surface area contributed by atoms with E-state index >= 15 is 0 Å². The van der Waals surface area contributed by atoms with Crippen molar-refractivity contribution in [2.75, 3.05) is 20.2 Å². The van der Waals surface area contributed by atoms with Gasteiger partial charge in [-0.3, -0.25) is 15.1 Å². The highest BCUT2D eigenvalue weighted by atomic mass is 28.3. The Morgan fingerprint density at radius 3 is 2.62 bits per heavy atom. The quantitative estimate of drug-likeness (QED) is 0.511. The molecule has 8 heteroatoms. The number of nitrogens with zero attached hydrogens (tertiary/aromatic N) is 2. The number of hydrogen-bond acceptors (Lipinski definition) is 5. The Hall–Kier alpha value is -1.85. The number of rotatable bonds is 6. The summed E-state index contributed by atoms with van der Waals surface area (Å²) in [6.45, 7) is 12.1. The van der Waals surface area contributed by atoms with Crippen LogP contribution in [-0.2, 0) is 9.53 Å². The lowest BCUT2D eigenvalue weighted by molar-refractivity contribution is -0.136. The van der Waals surface area contributed by atoms with Crippen molar-refractivity contribution in [3.63, 3.8) is 0 Å². The fourth-order valence-corrected chi connectivity index (χ4v) is 4.44. The fraction of sp³-hybridized carbons (Fsp3) is 0.762. The number of carbonyl (C=O) groups is 2. The molecule has 0 aromatic heterocycles. The van der Waals surface area contributed by atoms with Gasteiger partial charge < -0.3 is 15.0 Å². The second-order valence-corrected chi connectivity index (χ2v) is 13.6. The van der Waals surface area contributed by atoms with Crippen LogP contribution in [-0.4, -0.2) is 69.1 Å². The van der Waals surface area contributed by atoms with Gasteiger partial charge in [0.15, 0.2) is 0 Å². The zero-order valence-electron chi connectivity index (χ0n) is 18.7. The maximum Gasteiger partial charge on any atom is 0.407 e. The summed E-state index contributed by atoms with van der Waals surface area (Å²) >= 11 is 0. The SMILES string of the molecule is CCC(CC)C(NC(=O)OC)C(=O)N1CCCC1C1N=C(C#C[Si](C)(C)C)CN1. The second kappa shape index (κ2) is 10.3. The van der Waals surface area contributed by atoms with Crippen LogP contribution in [0.5, 0.6) is 0 Å². The third-order valence-corrected chi connectivity index (χ3v) is 6.42. The number of hydrogen-bond donors (Lipinski definition) is 2. The smallest absolute Gasteiger partial charge is 0.407 e. The van der Waals surface area contributed by atoms with E-state index in [-0.39, 0.29) is 24.0 Å². The van der Waals surface area contributed by atoms with Crippen LogP contribution >= 0.6 is 0 Å².